The fraction of sp³-hybridized carbons (Fsp3) is 0.0952. The number of benzene rings is 2. The molecule has 1 N–H and O–H groups in total. The van der Waals surface area contributed by atoms with Crippen molar-refractivity contribution in [3.05, 3.63) is 76.5 Å². The molecule has 4 aromatic rings. The predicted octanol–water partition coefficient (Wildman–Crippen LogP) is 2.67. The smallest absolute Gasteiger partial charge is 0.273 e. The molecule has 2 aromatic carbocycles. The number of carbonyl (C=O) groups is 1. The zero-order valence-corrected chi connectivity index (χ0v) is 17.3. The summed E-state index contributed by atoms with van der Waals surface area (Å²) in [6.07, 6.45) is 1.32. The van der Waals surface area contributed by atoms with Gasteiger partial charge in [-0.25, -0.2) is 5.43 Å². The molecule has 0 aliphatic heterocycles. The fourth-order valence-electron chi connectivity index (χ4n) is 2.91. The Kier molecular flexibility index (Phi) is 6.16. The van der Waals surface area contributed by atoms with Crippen molar-refractivity contribution >= 4 is 17.8 Å². The average molecular weight is 447 g/mol. The number of hydrazone groups is 1. The van der Waals surface area contributed by atoms with Crippen LogP contribution >= 0.6 is 0 Å². The van der Waals surface area contributed by atoms with Crippen molar-refractivity contribution in [3.8, 4) is 28.5 Å². The topological polar surface area (TPSA) is 151 Å². The number of nitrogens with zero attached hydrogens (tertiary/aromatic N) is 6. The molecule has 4 rings (SSSR count). The van der Waals surface area contributed by atoms with Crippen LogP contribution in [0.3, 0.4) is 0 Å². The highest BCUT2D eigenvalue weighted by Crippen LogP contribution is 2.34. The number of nitro groups is 1. The van der Waals surface area contributed by atoms with Crippen LogP contribution in [0.15, 0.2) is 70.2 Å². The number of furan rings is 1. The van der Waals surface area contributed by atoms with Crippen LogP contribution in [0.1, 0.15) is 5.76 Å². The van der Waals surface area contributed by atoms with Gasteiger partial charge in [0.25, 0.3) is 11.6 Å². The van der Waals surface area contributed by atoms with Crippen molar-refractivity contribution in [1.29, 1.82) is 0 Å². The molecule has 0 aliphatic rings. The van der Waals surface area contributed by atoms with E-state index in [1.807, 2.05) is 30.3 Å². The number of hydrogen-bond acceptors (Lipinski definition) is 9. The Labute approximate surface area is 186 Å². The van der Waals surface area contributed by atoms with Gasteiger partial charge in [0.15, 0.2) is 0 Å². The van der Waals surface area contributed by atoms with E-state index in [4.69, 9.17) is 9.15 Å². The molecule has 33 heavy (non-hydrogen) atoms. The predicted molar refractivity (Wildman–Crippen MR) is 116 cm³/mol. The summed E-state index contributed by atoms with van der Waals surface area (Å²) in [5.74, 6) is 1.04. The van der Waals surface area contributed by atoms with Gasteiger partial charge in [-0.15, -0.1) is 10.2 Å². The van der Waals surface area contributed by atoms with E-state index in [9.17, 15) is 14.9 Å². The van der Waals surface area contributed by atoms with Crippen LogP contribution < -0.4 is 10.2 Å². The van der Waals surface area contributed by atoms with Crippen molar-refractivity contribution in [2.24, 2.45) is 5.10 Å². The quantitative estimate of drug-likeness (QED) is 0.246. The maximum absolute atomic E-state index is 12.1. The third-order valence-corrected chi connectivity index (χ3v) is 4.44. The molecule has 2 heterocycles. The number of methoxy groups -OCH3 is 1. The van der Waals surface area contributed by atoms with Gasteiger partial charge >= 0.3 is 0 Å². The van der Waals surface area contributed by atoms with E-state index in [2.05, 4.69) is 25.9 Å². The first-order chi connectivity index (χ1) is 16.0. The Morgan fingerprint density at radius 3 is 2.82 bits per heavy atom. The molecule has 0 aliphatic carbocycles. The van der Waals surface area contributed by atoms with E-state index in [1.54, 1.807) is 12.1 Å². The van der Waals surface area contributed by atoms with E-state index in [-0.39, 0.29) is 12.2 Å². The zero-order valence-electron chi connectivity index (χ0n) is 17.3. The summed E-state index contributed by atoms with van der Waals surface area (Å²) >= 11 is 0. The Morgan fingerprint density at radius 1 is 1.24 bits per heavy atom. The minimum Gasteiger partial charge on any atom is -0.496 e. The molecule has 12 nitrogen and oxygen atoms in total. The van der Waals surface area contributed by atoms with Crippen molar-refractivity contribution < 1.29 is 18.9 Å². The van der Waals surface area contributed by atoms with Gasteiger partial charge in [0.05, 0.1) is 29.9 Å². The Balaban J connectivity index is 1.37. The van der Waals surface area contributed by atoms with Crippen LogP contribution in [0.2, 0.25) is 0 Å². The molecule has 0 fully saturated rings. The van der Waals surface area contributed by atoms with Gasteiger partial charge in [-0.2, -0.15) is 9.90 Å². The first kappa shape index (κ1) is 21.4. The lowest BCUT2D eigenvalue weighted by atomic mass is 10.1. The van der Waals surface area contributed by atoms with Crippen LogP contribution in [-0.4, -0.2) is 44.4 Å². The molecular formula is C21H17N7O5. The van der Waals surface area contributed by atoms with Gasteiger partial charge in [-0.3, -0.25) is 14.9 Å². The standard InChI is InChI=1S/C21H17N7O5/c1-32-19-11-15(28(30)31)7-9-17(19)18-10-8-16(33-18)12-22-23-20(29)13-27-25-21(24-26-27)14-5-3-2-4-6-14/h2-12H,13H2,1H3,(H,23,29)/b22-12+. The summed E-state index contributed by atoms with van der Waals surface area (Å²) in [7, 11) is 1.41. The molecule has 12 heteroatoms. The molecule has 2 aromatic heterocycles. The van der Waals surface area contributed by atoms with Crippen LogP contribution in [0, 0.1) is 10.1 Å². The lowest BCUT2D eigenvalue weighted by Crippen LogP contribution is -2.24. The number of nitro benzene ring substituents is 1. The monoisotopic (exact) mass is 447 g/mol. The molecule has 166 valence electrons. The number of tetrazole rings is 1. The van der Waals surface area contributed by atoms with Gasteiger partial charge in [-0.1, -0.05) is 30.3 Å². The van der Waals surface area contributed by atoms with Gasteiger partial charge in [-0.05, 0) is 23.4 Å². The first-order valence-corrected chi connectivity index (χ1v) is 9.61. The molecule has 0 radical (unpaired) electrons. The second kappa shape index (κ2) is 9.51. The third-order valence-electron chi connectivity index (χ3n) is 4.44. The zero-order chi connectivity index (χ0) is 23.2. The Bertz CT molecular complexity index is 1310. The van der Waals surface area contributed by atoms with Crippen LogP contribution in [-0.2, 0) is 11.3 Å². The maximum Gasteiger partial charge on any atom is 0.273 e. The molecule has 0 bridgehead atoms. The molecule has 0 saturated heterocycles. The molecule has 0 unspecified atom stereocenters. The van der Waals surface area contributed by atoms with E-state index in [0.717, 1.165) is 5.56 Å². The van der Waals surface area contributed by atoms with Gasteiger partial charge in [0.2, 0.25) is 5.82 Å². The number of hydrogen-bond donors (Lipinski definition) is 1. The summed E-state index contributed by atoms with van der Waals surface area (Å²) in [4.78, 5) is 23.7. The van der Waals surface area contributed by atoms with Gasteiger partial charge in [0, 0.05) is 11.6 Å². The number of aromatic nitrogens is 4. The van der Waals surface area contributed by atoms with E-state index in [1.165, 1.54) is 36.3 Å². The van der Waals surface area contributed by atoms with Gasteiger partial charge in [0.1, 0.15) is 23.8 Å². The summed E-state index contributed by atoms with van der Waals surface area (Å²) in [6.45, 7) is -0.166. The van der Waals surface area contributed by atoms with Gasteiger partial charge < -0.3 is 9.15 Å². The first-order valence-electron chi connectivity index (χ1n) is 9.61. The number of carbonyl (C=O) groups excluding carboxylic acids is 1. The average Bonchev–Trinajstić information content (AvgIpc) is 3.49. The van der Waals surface area contributed by atoms with Crippen LogP contribution in [0.5, 0.6) is 5.75 Å². The summed E-state index contributed by atoms with van der Waals surface area (Å²) < 4.78 is 10.9. The third kappa shape index (κ3) is 5.07. The number of ether oxygens (including phenoxy) is 1. The molecule has 0 saturated carbocycles. The van der Waals surface area contributed by atoms with Crippen molar-refractivity contribution in [3.63, 3.8) is 0 Å². The van der Waals surface area contributed by atoms with E-state index >= 15 is 0 Å². The highest BCUT2D eigenvalue weighted by Gasteiger charge is 2.15. The van der Waals surface area contributed by atoms with Crippen LogP contribution in [0.4, 0.5) is 5.69 Å². The van der Waals surface area contributed by atoms with Crippen LogP contribution in [0.25, 0.3) is 22.7 Å². The summed E-state index contributed by atoms with van der Waals surface area (Å²) in [5.41, 5.74) is 3.60. The summed E-state index contributed by atoms with van der Waals surface area (Å²) in [5, 5.41) is 26.8. The van der Waals surface area contributed by atoms with Crippen molar-refractivity contribution in [2.45, 2.75) is 6.54 Å². The highest BCUT2D eigenvalue weighted by atomic mass is 16.6. The number of nitrogens with one attached hydrogen (secondary N) is 1. The number of amides is 1. The Hall–Kier alpha value is -4.87. The second-order valence-corrected chi connectivity index (χ2v) is 6.65. The molecule has 0 spiro atoms. The minimum atomic E-state index is -0.507. The summed E-state index contributed by atoms with van der Waals surface area (Å²) in [6, 6.07) is 16.8. The second-order valence-electron chi connectivity index (χ2n) is 6.65. The largest absolute Gasteiger partial charge is 0.496 e. The van der Waals surface area contributed by atoms with Crippen molar-refractivity contribution in [2.75, 3.05) is 7.11 Å². The highest BCUT2D eigenvalue weighted by molar-refractivity contribution is 5.81. The van der Waals surface area contributed by atoms with Crippen molar-refractivity contribution in [1.82, 2.24) is 25.6 Å². The number of non-ortho nitro benzene ring substituents is 1. The fourth-order valence-corrected chi connectivity index (χ4v) is 2.91. The lowest BCUT2D eigenvalue weighted by Gasteiger charge is -2.05. The maximum atomic E-state index is 12.1. The SMILES string of the molecule is COc1cc([N+](=O)[O-])ccc1-c1ccc(/C=N/NC(=O)Cn2nnc(-c3ccccc3)n2)o1. The normalized spacial score (nSPS) is 10.9. The minimum absolute atomic E-state index is 0.0931. The number of rotatable bonds is 8. The lowest BCUT2D eigenvalue weighted by molar-refractivity contribution is -0.384. The van der Waals surface area contributed by atoms with E-state index in [0.29, 0.717) is 28.7 Å². The Morgan fingerprint density at radius 2 is 2.06 bits per heavy atom. The molecular weight excluding hydrogens is 430 g/mol. The molecule has 1 amide bonds. The molecule has 0 atom stereocenters. The van der Waals surface area contributed by atoms with E-state index < -0.39 is 10.8 Å².